The monoisotopic (exact) mass is 350 g/mol. The number of rotatable bonds is 6. The number of hydrogen-bond acceptors (Lipinski definition) is 5. The van der Waals surface area contributed by atoms with Gasteiger partial charge in [-0.1, -0.05) is 17.7 Å². The summed E-state index contributed by atoms with van der Waals surface area (Å²) in [5, 5.41) is 13.4. The standard InChI is InChI=1S/C16H15ClN2O5/c1-10-3-6-14(15(7-10)23-2)24-9-16(20)18-11-4-5-12(17)13(8-11)19(21)22/h3-8H,9H2,1-2H3,(H,18,20). The number of halogens is 1. The van der Waals surface area contributed by atoms with Crippen LogP contribution in [0.5, 0.6) is 11.5 Å². The van der Waals surface area contributed by atoms with Crippen molar-refractivity contribution in [3.05, 3.63) is 57.1 Å². The molecule has 8 heteroatoms. The molecule has 1 N–H and O–H groups in total. The van der Waals surface area contributed by atoms with E-state index in [-0.39, 0.29) is 23.0 Å². The van der Waals surface area contributed by atoms with Crippen LogP contribution in [0.3, 0.4) is 0 Å². The maximum Gasteiger partial charge on any atom is 0.289 e. The Labute approximate surface area is 143 Å². The van der Waals surface area contributed by atoms with Gasteiger partial charge in [0, 0.05) is 11.8 Å². The molecule has 0 spiro atoms. The molecule has 0 aliphatic rings. The molecular weight excluding hydrogens is 336 g/mol. The molecule has 0 unspecified atom stereocenters. The molecule has 0 aliphatic heterocycles. The van der Waals surface area contributed by atoms with Crippen LogP contribution in [0.15, 0.2) is 36.4 Å². The van der Waals surface area contributed by atoms with Crippen LogP contribution < -0.4 is 14.8 Å². The number of nitrogens with zero attached hydrogens (tertiary/aromatic N) is 1. The fourth-order valence-corrected chi connectivity index (χ4v) is 2.15. The van der Waals surface area contributed by atoms with Crippen LogP contribution in [0.25, 0.3) is 0 Å². The highest BCUT2D eigenvalue weighted by molar-refractivity contribution is 6.32. The van der Waals surface area contributed by atoms with E-state index in [1.54, 1.807) is 12.1 Å². The maximum absolute atomic E-state index is 11.9. The quantitative estimate of drug-likeness (QED) is 0.635. The second-order valence-electron chi connectivity index (χ2n) is 4.91. The fourth-order valence-electron chi connectivity index (χ4n) is 1.96. The summed E-state index contributed by atoms with van der Waals surface area (Å²) in [6.07, 6.45) is 0. The molecule has 24 heavy (non-hydrogen) atoms. The van der Waals surface area contributed by atoms with Gasteiger partial charge in [0.2, 0.25) is 0 Å². The van der Waals surface area contributed by atoms with Gasteiger partial charge in [-0.3, -0.25) is 14.9 Å². The number of hydrogen-bond donors (Lipinski definition) is 1. The molecule has 1 amide bonds. The number of nitro groups is 1. The van der Waals surface area contributed by atoms with E-state index in [9.17, 15) is 14.9 Å². The van der Waals surface area contributed by atoms with Crippen molar-refractivity contribution in [1.29, 1.82) is 0 Å². The van der Waals surface area contributed by atoms with Gasteiger partial charge in [-0.2, -0.15) is 0 Å². The number of amides is 1. The van der Waals surface area contributed by atoms with Gasteiger partial charge in [-0.05, 0) is 36.8 Å². The first-order valence-electron chi connectivity index (χ1n) is 6.92. The van der Waals surface area contributed by atoms with E-state index < -0.39 is 10.8 Å². The third kappa shape index (κ3) is 4.36. The Morgan fingerprint density at radius 2 is 2.00 bits per heavy atom. The average molecular weight is 351 g/mol. The number of nitro benzene ring substituents is 1. The van der Waals surface area contributed by atoms with Crippen LogP contribution >= 0.6 is 11.6 Å². The number of ether oxygens (including phenoxy) is 2. The normalized spacial score (nSPS) is 10.1. The molecule has 0 saturated heterocycles. The van der Waals surface area contributed by atoms with E-state index in [1.807, 2.05) is 13.0 Å². The maximum atomic E-state index is 11.9. The largest absolute Gasteiger partial charge is 0.493 e. The summed E-state index contributed by atoms with van der Waals surface area (Å²) in [6, 6.07) is 9.33. The molecule has 2 aromatic rings. The zero-order valence-electron chi connectivity index (χ0n) is 13.0. The lowest BCUT2D eigenvalue weighted by atomic mass is 10.2. The molecule has 0 fully saturated rings. The Hall–Kier alpha value is -2.80. The van der Waals surface area contributed by atoms with Crippen molar-refractivity contribution in [1.82, 2.24) is 0 Å². The number of anilines is 1. The first-order valence-corrected chi connectivity index (χ1v) is 7.29. The van der Waals surface area contributed by atoms with Crippen LogP contribution in [-0.4, -0.2) is 24.5 Å². The number of carbonyl (C=O) groups is 1. The summed E-state index contributed by atoms with van der Waals surface area (Å²) in [6.45, 7) is 1.64. The zero-order chi connectivity index (χ0) is 17.7. The Morgan fingerprint density at radius 1 is 1.25 bits per heavy atom. The van der Waals surface area contributed by atoms with Crippen molar-refractivity contribution < 1.29 is 19.2 Å². The van der Waals surface area contributed by atoms with E-state index in [4.69, 9.17) is 21.1 Å². The lowest BCUT2D eigenvalue weighted by Gasteiger charge is -2.11. The summed E-state index contributed by atoms with van der Waals surface area (Å²) in [4.78, 5) is 22.2. The van der Waals surface area contributed by atoms with E-state index >= 15 is 0 Å². The van der Waals surface area contributed by atoms with Crippen LogP contribution in [0, 0.1) is 17.0 Å². The molecule has 0 heterocycles. The molecule has 7 nitrogen and oxygen atoms in total. The van der Waals surface area contributed by atoms with Crippen molar-refractivity contribution >= 4 is 28.9 Å². The lowest BCUT2D eigenvalue weighted by molar-refractivity contribution is -0.384. The minimum atomic E-state index is -0.619. The fraction of sp³-hybridized carbons (Fsp3) is 0.188. The van der Waals surface area contributed by atoms with Gasteiger partial charge in [-0.25, -0.2) is 0 Å². The first kappa shape index (κ1) is 17.6. The second kappa shape index (κ2) is 7.65. The number of nitrogens with one attached hydrogen (secondary N) is 1. The number of aryl methyl sites for hydroxylation is 1. The molecule has 126 valence electrons. The third-order valence-corrected chi connectivity index (χ3v) is 3.42. The smallest absolute Gasteiger partial charge is 0.289 e. The van der Waals surface area contributed by atoms with Crippen LogP contribution in [-0.2, 0) is 4.79 Å². The topological polar surface area (TPSA) is 90.7 Å². The van der Waals surface area contributed by atoms with Crippen LogP contribution in [0.4, 0.5) is 11.4 Å². The SMILES string of the molecule is COc1cc(C)ccc1OCC(=O)Nc1ccc(Cl)c([N+](=O)[O-])c1. The van der Waals surface area contributed by atoms with E-state index in [1.165, 1.54) is 25.3 Å². The van der Waals surface area contributed by atoms with Gasteiger partial charge in [0.15, 0.2) is 18.1 Å². The predicted molar refractivity (Wildman–Crippen MR) is 90.0 cm³/mol. The van der Waals surface area contributed by atoms with Gasteiger partial charge in [0.05, 0.1) is 12.0 Å². The Bertz CT molecular complexity index is 779. The Morgan fingerprint density at radius 3 is 2.67 bits per heavy atom. The molecule has 0 atom stereocenters. The predicted octanol–water partition coefficient (Wildman–Crippen LogP) is 3.58. The van der Waals surface area contributed by atoms with E-state index in [0.29, 0.717) is 11.5 Å². The number of benzene rings is 2. The lowest BCUT2D eigenvalue weighted by Crippen LogP contribution is -2.20. The minimum absolute atomic E-state index is 0.00126. The summed E-state index contributed by atoms with van der Waals surface area (Å²) >= 11 is 5.72. The number of carbonyl (C=O) groups excluding carboxylic acids is 1. The summed E-state index contributed by atoms with van der Waals surface area (Å²) in [5.74, 6) is 0.486. The van der Waals surface area contributed by atoms with Gasteiger partial charge in [-0.15, -0.1) is 0 Å². The highest BCUT2D eigenvalue weighted by atomic mass is 35.5. The number of methoxy groups -OCH3 is 1. The highest BCUT2D eigenvalue weighted by Gasteiger charge is 2.14. The van der Waals surface area contributed by atoms with Crippen molar-refractivity contribution in [2.75, 3.05) is 19.0 Å². The summed E-state index contributed by atoms with van der Waals surface area (Å²) < 4.78 is 10.6. The zero-order valence-corrected chi connectivity index (χ0v) is 13.8. The summed E-state index contributed by atoms with van der Waals surface area (Å²) in [7, 11) is 1.51. The Balaban J connectivity index is 2.02. The van der Waals surface area contributed by atoms with Crippen molar-refractivity contribution in [2.45, 2.75) is 6.92 Å². The van der Waals surface area contributed by atoms with E-state index in [2.05, 4.69) is 5.32 Å². The van der Waals surface area contributed by atoms with Crippen LogP contribution in [0.1, 0.15) is 5.56 Å². The van der Waals surface area contributed by atoms with Crippen LogP contribution in [0.2, 0.25) is 5.02 Å². The highest BCUT2D eigenvalue weighted by Crippen LogP contribution is 2.28. The third-order valence-electron chi connectivity index (χ3n) is 3.10. The van der Waals surface area contributed by atoms with E-state index in [0.717, 1.165) is 5.56 Å². The van der Waals surface area contributed by atoms with Crippen molar-refractivity contribution in [2.24, 2.45) is 0 Å². The summed E-state index contributed by atoms with van der Waals surface area (Å²) in [5.41, 5.74) is 0.975. The second-order valence-corrected chi connectivity index (χ2v) is 5.32. The molecule has 0 aliphatic carbocycles. The van der Waals surface area contributed by atoms with Gasteiger partial charge in [0.25, 0.3) is 11.6 Å². The molecule has 0 radical (unpaired) electrons. The minimum Gasteiger partial charge on any atom is -0.493 e. The Kier molecular flexibility index (Phi) is 5.59. The molecule has 0 aromatic heterocycles. The van der Waals surface area contributed by atoms with Gasteiger partial charge < -0.3 is 14.8 Å². The van der Waals surface area contributed by atoms with Crippen molar-refractivity contribution in [3.8, 4) is 11.5 Å². The van der Waals surface area contributed by atoms with Gasteiger partial charge >= 0.3 is 0 Å². The molecular formula is C16H15ClN2O5. The molecule has 2 aromatic carbocycles. The van der Waals surface area contributed by atoms with Crippen molar-refractivity contribution in [3.63, 3.8) is 0 Å². The average Bonchev–Trinajstić information content (AvgIpc) is 2.55. The molecule has 0 bridgehead atoms. The molecule has 0 saturated carbocycles. The first-order chi connectivity index (χ1) is 11.4. The van der Waals surface area contributed by atoms with Gasteiger partial charge in [0.1, 0.15) is 5.02 Å². The molecule has 2 rings (SSSR count).